The van der Waals surface area contributed by atoms with Crippen molar-refractivity contribution in [3.8, 4) is 0 Å². The second kappa shape index (κ2) is 4.21. The molecule has 0 spiro atoms. The van der Waals surface area contributed by atoms with Crippen molar-refractivity contribution in [1.29, 1.82) is 0 Å². The van der Waals surface area contributed by atoms with Crippen LogP contribution in [0.15, 0.2) is 11.6 Å². The summed E-state index contributed by atoms with van der Waals surface area (Å²) in [5.41, 5.74) is 0. The van der Waals surface area contributed by atoms with Gasteiger partial charge in [-0.25, -0.2) is 4.98 Å². The van der Waals surface area contributed by atoms with Gasteiger partial charge in [0.15, 0.2) is 0 Å². The summed E-state index contributed by atoms with van der Waals surface area (Å²) >= 11 is 1.62. The average molecular weight is 184 g/mol. The van der Waals surface area contributed by atoms with Gasteiger partial charge >= 0.3 is 0 Å². The topological polar surface area (TPSA) is 42.0 Å². The third-order valence-corrected chi connectivity index (χ3v) is 2.54. The predicted octanol–water partition coefficient (Wildman–Crippen LogP) is 1.38. The molecule has 0 aliphatic carbocycles. The summed E-state index contributed by atoms with van der Waals surface area (Å²) < 4.78 is 0. The number of amides is 1. The smallest absolute Gasteiger partial charge is 0.216 e. The zero-order valence-corrected chi connectivity index (χ0v) is 8.02. The van der Waals surface area contributed by atoms with E-state index in [9.17, 15) is 4.79 Å². The van der Waals surface area contributed by atoms with Gasteiger partial charge in [-0.2, -0.15) is 0 Å². The van der Waals surface area contributed by atoms with Crippen molar-refractivity contribution in [2.24, 2.45) is 0 Å². The van der Waals surface area contributed by atoms with Crippen molar-refractivity contribution in [1.82, 2.24) is 10.3 Å². The van der Waals surface area contributed by atoms with Gasteiger partial charge in [0.05, 0.1) is 5.01 Å². The van der Waals surface area contributed by atoms with Crippen LogP contribution in [-0.4, -0.2) is 17.4 Å². The van der Waals surface area contributed by atoms with Crippen LogP contribution in [0.4, 0.5) is 0 Å². The Morgan fingerprint density at radius 1 is 1.83 bits per heavy atom. The van der Waals surface area contributed by atoms with Crippen LogP contribution >= 0.6 is 11.3 Å². The van der Waals surface area contributed by atoms with Crippen molar-refractivity contribution in [3.63, 3.8) is 0 Å². The number of nitrogens with zero attached hydrogens (tertiary/aromatic N) is 1. The van der Waals surface area contributed by atoms with Crippen LogP contribution in [0.2, 0.25) is 0 Å². The van der Waals surface area contributed by atoms with E-state index in [1.807, 2.05) is 5.38 Å². The van der Waals surface area contributed by atoms with Crippen molar-refractivity contribution in [3.05, 3.63) is 16.6 Å². The zero-order chi connectivity index (χ0) is 8.97. The normalized spacial score (nSPS) is 12.5. The third kappa shape index (κ3) is 2.62. The SMILES string of the molecule is CC(=O)NCC(C)c1nccs1. The molecule has 0 saturated carbocycles. The minimum atomic E-state index is 0.0124. The van der Waals surface area contributed by atoms with Crippen LogP contribution in [0.1, 0.15) is 24.8 Å². The lowest BCUT2D eigenvalue weighted by Gasteiger charge is -2.07. The van der Waals surface area contributed by atoms with E-state index in [0.29, 0.717) is 12.5 Å². The summed E-state index contributed by atoms with van der Waals surface area (Å²) in [4.78, 5) is 14.8. The fourth-order valence-corrected chi connectivity index (χ4v) is 1.56. The molecule has 1 atom stereocenters. The van der Waals surface area contributed by atoms with Gasteiger partial charge in [0.2, 0.25) is 5.91 Å². The number of hydrogen-bond donors (Lipinski definition) is 1. The molecule has 4 heteroatoms. The Bertz CT molecular complexity index is 246. The van der Waals surface area contributed by atoms with Gasteiger partial charge in [-0.1, -0.05) is 6.92 Å². The maximum Gasteiger partial charge on any atom is 0.216 e. The van der Waals surface area contributed by atoms with Crippen molar-refractivity contribution < 1.29 is 4.79 Å². The molecule has 0 fully saturated rings. The van der Waals surface area contributed by atoms with Crippen LogP contribution in [0.5, 0.6) is 0 Å². The first-order chi connectivity index (χ1) is 5.70. The number of carbonyl (C=O) groups excluding carboxylic acids is 1. The summed E-state index contributed by atoms with van der Waals surface area (Å²) in [5, 5.41) is 5.78. The van der Waals surface area contributed by atoms with E-state index in [1.54, 1.807) is 17.5 Å². The molecular formula is C8H12N2OS. The van der Waals surface area contributed by atoms with E-state index < -0.39 is 0 Å². The highest BCUT2D eigenvalue weighted by Crippen LogP contribution is 2.15. The highest BCUT2D eigenvalue weighted by Gasteiger charge is 2.07. The third-order valence-electron chi connectivity index (χ3n) is 1.53. The fourth-order valence-electron chi connectivity index (χ4n) is 0.862. The number of carbonyl (C=O) groups is 1. The minimum absolute atomic E-state index is 0.0124. The highest BCUT2D eigenvalue weighted by molar-refractivity contribution is 7.09. The first kappa shape index (κ1) is 9.19. The zero-order valence-electron chi connectivity index (χ0n) is 7.20. The molecule has 1 N–H and O–H groups in total. The first-order valence-corrected chi connectivity index (χ1v) is 4.72. The second-order valence-corrected chi connectivity index (χ2v) is 3.63. The molecule has 1 heterocycles. The summed E-state index contributed by atoms with van der Waals surface area (Å²) in [6.07, 6.45) is 1.78. The molecule has 1 aromatic rings. The van der Waals surface area contributed by atoms with E-state index >= 15 is 0 Å². The number of thiazole rings is 1. The number of nitrogens with one attached hydrogen (secondary N) is 1. The Hall–Kier alpha value is -0.900. The first-order valence-electron chi connectivity index (χ1n) is 3.84. The quantitative estimate of drug-likeness (QED) is 0.771. The van der Waals surface area contributed by atoms with Gasteiger partial charge in [0, 0.05) is 31.0 Å². The predicted molar refractivity (Wildman–Crippen MR) is 49.2 cm³/mol. The molecule has 0 saturated heterocycles. The molecule has 3 nitrogen and oxygen atoms in total. The molecule has 66 valence electrons. The molecule has 1 unspecified atom stereocenters. The summed E-state index contributed by atoms with van der Waals surface area (Å²) in [6.45, 7) is 4.24. The maximum absolute atomic E-state index is 10.6. The molecule has 0 aliphatic heterocycles. The Kier molecular flexibility index (Phi) is 3.22. The molecule has 0 aliphatic rings. The number of hydrogen-bond acceptors (Lipinski definition) is 3. The van der Waals surface area contributed by atoms with Gasteiger partial charge in [0.25, 0.3) is 0 Å². The molecule has 1 amide bonds. The Balaban J connectivity index is 2.39. The summed E-state index contributed by atoms with van der Waals surface area (Å²) in [7, 11) is 0. The Morgan fingerprint density at radius 3 is 3.08 bits per heavy atom. The minimum Gasteiger partial charge on any atom is -0.356 e. The molecule has 1 aromatic heterocycles. The molecule has 0 radical (unpaired) electrons. The summed E-state index contributed by atoms with van der Waals surface area (Å²) in [5.74, 6) is 0.326. The van der Waals surface area contributed by atoms with E-state index in [0.717, 1.165) is 5.01 Å². The lowest BCUT2D eigenvalue weighted by atomic mass is 10.2. The molecule has 0 bridgehead atoms. The standard InChI is InChI=1S/C8H12N2OS/c1-6(5-10-7(2)11)8-9-3-4-12-8/h3-4,6H,5H2,1-2H3,(H,10,11). The van der Waals surface area contributed by atoms with Crippen LogP contribution in [0.25, 0.3) is 0 Å². The number of aromatic nitrogens is 1. The Labute approximate surface area is 75.8 Å². The second-order valence-electron chi connectivity index (χ2n) is 2.71. The van der Waals surface area contributed by atoms with Gasteiger partial charge in [-0.3, -0.25) is 4.79 Å². The fraction of sp³-hybridized carbons (Fsp3) is 0.500. The van der Waals surface area contributed by atoms with Crippen molar-refractivity contribution in [2.75, 3.05) is 6.54 Å². The van der Waals surface area contributed by atoms with E-state index in [1.165, 1.54) is 6.92 Å². The van der Waals surface area contributed by atoms with Crippen LogP contribution < -0.4 is 5.32 Å². The maximum atomic E-state index is 10.6. The van der Waals surface area contributed by atoms with E-state index in [4.69, 9.17) is 0 Å². The molecule has 0 aromatic carbocycles. The monoisotopic (exact) mass is 184 g/mol. The van der Waals surface area contributed by atoms with Gasteiger partial charge in [-0.05, 0) is 0 Å². The largest absolute Gasteiger partial charge is 0.356 e. The lowest BCUT2D eigenvalue weighted by Crippen LogP contribution is -2.24. The van der Waals surface area contributed by atoms with E-state index in [2.05, 4.69) is 17.2 Å². The molecular weight excluding hydrogens is 172 g/mol. The van der Waals surface area contributed by atoms with E-state index in [-0.39, 0.29) is 5.91 Å². The van der Waals surface area contributed by atoms with Gasteiger partial charge < -0.3 is 5.32 Å². The lowest BCUT2D eigenvalue weighted by molar-refractivity contribution is -0.119. The van der Waals surface area contributed by atoms with Crippen LogP contribution in [-0.2, 0) is 4.79 Å². The number of rotatable bonds is 3. The molecule has 1 rings (SSSR count). The highest BCUT2D eigenvalue weighted by atomic mass is 32.1. The average Bonchev–Trinajstić information content (AvgIpc) is 2.51. The van der Waals surface area contributed by atoms with Crippen LogP contribution in [0, 0.1) is 0 Å². The summed E-state index contributed by atoms with van der Waals surface area (Å²) in [6, 6.07) is 0. The van der Waals surface area contributed by atoms with Crippen molar-refractivity contribution in [2.45, 2.75) is 19.8 Å². The molecule has 12 heavy (non-hydrogen) atoms. The van der Waals surface area contributed by atoms with Gasteiger partial charge in [-0.15, -0.1) is 11.3 Å². The van der Waals surface area contributed by atoms with Crippen LogP contribution in [0.3, 0.4) is 0 Å². The van der Waals surface area contributed by atoms with Gasteiger partial charge in [0.1, 0.15) is 0 Å². The van der Waals surface area contributed by atoms with Crippen molar-refractivity contribution >= 4 is 17.2 Å². The Morgan fingerprint density at radius 2 is 2.58 bits per heavy atom.